The Morgan fingerprint density at radius 2 is 0.947 bits per heavy atom. The number of benzene rings is 4. The Bertz CT molecular complexity index is 1320. The molecule has 0 aromatic heterocycles. The molecule has 8 rings (SSSR count). The Balaban J connectivity index is 1.36. The van der Waals surface area contributed by atoms with Crippen molar-refractivity contribution in [2.45, 2.75) is 50.4 Å². The third-order valence-corrected chi connectivity index (χ3v) is 10.0. The summed E-state index contributed by atoms with van der Waals surface area (Å²) in [6, 6.07) is 33.8. The molecular weight excluding hydrogens is 464 g/mol. The van der Waals surface area contributed by atoms with Gasteiger partial charge in [-0.2, -0.15) is 0 Å². The molecule has 0 amide bonds. The van der Waals surface area contributed by atoms with Gasteiger partial charge >= 0.3 is 0 Å². The van der Waals surface area contributed by atoms with Gasteiger partial charge in [-0.25, -0.2) is 0 Å². The summed E-state index contributed by atoms with van der Waals surface area (Å²) in [4.78, 5) is 0. The van der Waals surface area contributed by atoms with Crippen LogP contribution < -0.4 is 0 Å². The second-order valence-corrected chi connectivity index (χ2v) is 12.2. The van der Waals surface area contributed by atoms with Gasteiger partial charge in [-0.1, -0.05) is 84.9 Å². The summed E-state index contributed by atoms with van der Waals surface area (Å²) in [6.07, 6.45) is 8.02. The van der Waals surface area contributed by atoms with Gasteiger partial charge in [0.05, 0.1) is 0 Å². The van der Waals surface area contributed by atoms with Crippen LogP contribution in [0, 0.1) is 23.7 Å². The Hall–Kier alpha value is -3.52. The molecule has 4 aromatic carbocycles. The van der Waals surface area contributed by atoms with E-state index in [9.17, 15) is 10.2 Å². The minimum atomic E-state index is -0.0777. The maximum atomic E-state index is 10.9. The van der Waals surface area contributed by atoms with Crippen molar-refractivity contribution in [2.24, 2.45) is 23.7 Å². The van der Waals surface area contributed by atoms with E-state index < -0.39 is 0 Å². The van der Waals surface area contributed by atoms with Gasteiger partial charge in [-0.05, 0) is 101 Å². The van der Waals surface area contributed by atoms with Gasteiger partial charge in [-0.3, -0.25) is 0 Å². The summed E-state index contributed by atoms with van der Waals surface area (Å²) in [6.45, 7) is 0. The maximum absolute atomic E-state index is 10.9. The highest BCUT2D eigenvalue weighted by molar-refractivity contribution is 5.52. The van der Waals surface area contributed by atoms with E-state index in [0.717, 1.165) is 35.8 Å². The third kappa shape index (κ3) is 3.93. The quantitative estimate of drug-likeness (QED) is 0.281. The number of hydrogen-bond acceptors (Lipinski definition) is 2. The lowest BCUT2D eigenvalue weighted by molar-refractivity contribution is -0.0419. The molecule has 0 heterocycles. The molecule has 4 bridgehead atoms. The molecular formula is C36H36O2. The minimum absolute atomic E-state index is 0.0777. The second kappa shape index (κ2) is 9.34. The molecule has 4 aromatic rings. The third-order valence-electron chi connectivity index (χ3n) is 10.0. The van der Waals surface area contributed by atoms with Crippen molar-refractivity contribution >= 4 is 0 Å². The van der Waals surface area contributed by atoms with Crippen molar-refractivity contribution in [1.29, 1.82) is 0 Å². The number of hydrogen-bond donors (Lipinski definition) is 2. The van der Waals surface area contributed by atoms with Crippen LogP contribution in [0.3, 0.4) is 0 Å². The van der Waals surface area contributed by atoms with Crippen LogP contribution in [0.25, 0.3) is 0 Å². The largest absolute Gasteiger partial charge is 0.508 e. The fraction of sp³-hybridized carbons (Fsp3) is 0.333. The number of phenols is 2. The topological polar surface area (TPSA) is 40.5 Å². The van der Waals surface area contributed by atoms with Gasteiger partial charge < -0.3 is 10.2 Å². The zero-order chi connectivity index (χ0) is 25.7. The van der Waals surface area contributed by atoms with Crippen LogP contribution in [0.4, 0.5) is 0 Å². The highest BCUT2D eigenvalue weighted by Gasteiger charge is 2.58. The van der Waals surface area contributed by atoms with Crippen LogP contribution in [0.2, 0.25) is 0 Å². The summed E-state index contributed by atoms with van der Waals surface area (Å²) in [5.74, 6) is 3.67. The average molecular weight is 501 g/mol. The average Bonchev–Trinajstić information content (AvgIpc) is 2.93. The second-order valence-electron chi connectivity index (χ2n) is 12.2. The first kappa shape index (κ1) is 23.6. The Morgan fingerprint density at radius 1 is 0.526 bits per heavy atom. The predicted molar refractivity (Wildman–Crippen MR) is 153 cm³/mol. The van der Waals surface area contributed by atoms with Gasteiger partial charge in [-0.15, -0.1) is 0 Å². The predicted octanol–water partition coefficient (Wildman–Crippen LogP) is 8.02. The Labute approximate surface area is 226 Å². The van der Waals surface area contributed by atoms with Crippen LogP contribution in [-0.4, -0.2) is 10.2 Å². The van der Waals surface area contributed by atoms with Gasteiger partial charge in [0.2, 0.25) is 0 Å². The van der Waals surface area contributed by atoms with E-state index in [1.54, 1.807) is 0 Å². The fourth-order valence-corrected chi connectivity index (χ4v) is 8.64. The van der Waals surface area contributed by atoms with Crippen molar-refractivity contribution in [3.05, 3.63) is 130 Å². The van der Waals surface area contributed by atoms with Crippen LogP contribution in [0.5, 0.6) is 11.5 Å². The van der Waals surface area contributed by atoms with E-state index in [4.69, 9.17) is 0 Å². The molecule has 0 saturated heterocycles. The molecule has 192 valence electrons. The molecule has 2 heteroatoms. The lowest BCUT2D eigenvalue weighted by atomic mass is 9.42. The Morgan fingerprint density at radius 3 is 1.37 bits per heavy atom. The smallest absolute Gasteiger partial charge is 0.119 e. The summed E-state index contributed by atoms with van der Waals surface area (Å²) in [5.41, 5.74) is 7.07. The highest BCUT2D eigenvalue weighted by Crippen LogP contribution is 2.65. The van der Waals surface area contributed by atoms with Crippen molar-refractivity contribution in [3.63, 3.8) is 0 Å². The van der Waals surface area contributed by atoms with E-state index in [-0.39, 0.29) is 5.41 Å². The van der Waals surface area contributed by atoms with Crippen LogP contribution in [0.1, 0.15) is 65.5 Å². The molecule has 2 N–H and O–H groups in total. The summed E-state index contributed by atoms with van der Waals surface area (Å²) >= 11 is 0. The van der Waals surface area contributed by atoms with Gasteiger partial charge in [0, 0.05) is 18.3 Å². The number of aromatic hydroxyl groups is 2. The molecule has 0 atom stereocenters. The summed E-state index contributed by atoms with van der Waals surface area (Å²) in [5, 5.41) is 21.8. The molecule has 0 spiro atoms. The zero-order valence-electron chi connectivity index (χ0n) is 21.9. The molecule has 0 aliphatic heterocycles. The lowest BCUT2D eigenvalue weighted by Gasteiger charge is -2.62. The summed E-state index contributed by atoms with van der Waals surface area (Å²) < 4.78 is 0. The van der Waals surface area contributed by atoms with Crippen molar-refractivity contribution < 1.29 is 10.2 Å². The maximum Gasteiger partial charge on any atom is 0.119 e. The molecule has 4 fully saturated rings. The van der Waals surface area contributed by atoms with Gasteiger partial charge in [0.15, 0.2) is 0 Å². The van der Waals surface area contributed by atoms with E-state index in [1.807, 2.05) is 24.3 Å². The standard InChI is InChI=1S/C36H36O2/c37-34-13-11-30(22-28(34)16-24-7-3-1-4-8-24)36(32-18-26-15-27(20-32)21-33(36)19-26)31-12-14-35(38)29(23-31)17-25-9-5-2-6-10-25/h1-14,22-23,26-27,32-33,37-38H,15-21H2. The zero-order valence-corrected chi connectivity index (χ0v) is 21.9. The number of phenolic OH excluding ortho intramolecular Hbond substituents is 2. The highest BCUT2D eigenvalue weighted by atomic mass is 16.3. The van der Waals surface area contributed by atoms with E-state index in [2.05, 4.69) is 72.8 Å². The summed E-state index contributed by atoms with van der Waals surface area (Å²) in [7, 11) is 0. The first-order valence-electron chi connectivity index (χ1n) is 14.3. The molecule has 0 radical (unpaired) electrons. The normalized spacial score (nSPS) is 24.9. The van der Waals surface area contributed by atoms with Gasteiger partial charge in [0.1, 0.15) is 11.5 Å². The minimum Gasteiger partial charge on any atom is -0.508 e. The van der Waals surface area contributed by atoms with Crippen LogP contribution in [0.15, 0.2) is 97.1 Å². The SMILES string of the molecule is Oc1ccc(C2(c3ccc(O)c(Cc4ccccc4)c3)C3CC4CC(C3)CC2C4)cc1Cc1ccccc1. The molecule has 38 heavy (non-hydrogen) atoms. The van der Waals surface area contributed by atoms with Crippen molar-refractivity contribution in [1.82, 2.24) is 0 Å². The monoisotopic (exact) mass is 500 g/mol. The first-order chi connectivity index (χ1) is 18.6. The molecule has 0 unspecified atom stereocenters. The lowest BCUT2D eigenvalue weighted by Crippen LogP contribution is -2.56. The number of rotatable bonds is 6. The molecule has 4 aliphatic carbocycles. The van der Waals surface area contributed by atoms with Crippen molar-refractivity contribution in [2.75, 3.05) is 0 Å². The molecule has 2 nitrogen and oxygen atoms in total. The van der Waals surface area contributed by atoms with E-state index in [1.165, 1.54) is 54.4 Å². The van der Waals surface area contributed by atoms with Crippen molar-refractivity contribution in [3.8, 4) is 11.5 Å². The first-order valence-corrected chi connectivity index (χ1v) is 14.3. The van der Waals surface area contributed by atoms with Gasteiger partial charge in [0.25, 0.3) is 0 Å². The molecule has 4 aliphatic rings. The molecule has 4 saturated carbocycles. The van der Waals surface area contributed by atoms with Crippen LogP contribution >= 0.6 is 0 Å². The Kier molecular flexibility index (Phi) is 5.80. The van der Waals surface area contributed by atoms with E-state index >= 15 is 0 Å². The van der Waals surface area contributed by atoms with Crippen LogP contribution in [-0.2, 0) is 18.3 Å². The van der Waals surface area contributed by atoms with E-state index in [0.29, 0.717) is 23.3 Å². The fourth-order valence-electron chi connectivity index (χ4n) is 8.64.